The van der Waals surface area contributed by atoms with Crippen molar-refractivity contribution in [3.05, 3.63) is 237 Å². The van der Waals surface area contributed by atoms with Gasteiger partial charge >= 0.3 is 0 Å². The summed E-state index contributed by atoms with van der Waals surface area (Å²) >= 11 is 3.71. The first kappa shape index (κ1) is 37.7. The van der Waals surface area contributed by atoms with Crippen LogP contribution in [-0.4, -0.2) is 4.57 Å². The van der Waals surface area contributed by atoms with Gasteiger partial charge in [-0.05, 0) is 126 Å². The van der Waals surface area contributed by atoms with Crippen LogP contribution in [0.4, 0.5) is 0 Å². The summed E-state index contributed by atoms with van der Waals surface area (Å²) in [5, 5.41) is 10.0. The van der Waals surface area contributed by atoms with Gasteiger partial charge in [0.25, 0.3) is 0 Å². The first-order valence-electron chi connectivity index (χ1n) is 22.2. The van der Waals surface area contributed by atoms with Crippen LogP contribution in [0, 0.1) is 0 Å². The Morgan fingerprint density at radius 1 is 0.262 bits per heavy atom. The predicted octanol–water partition coefficient (Wildman–Crippen LogP) is 18.4. The lowest BCUT2D eigenvalue weighted by molar-refractivity contribution is 1.18. The lowest BCUT2D eigenvalue weighted by Gasteiger charge is -2.18. The molecule has 0 saturated heterocycles. The average molecular weight is 862 g/mol. The number of hydrogen-bond acceptors (Lipinski definition) is 2. The molecule has 1 nitrogen and oxygen atoms in total. The molecule has 13 rings (SSSR count). The molecule has 3 heterocycles. The quantitative estimate of drug-likeness (QED) is 0.141. The van der Waals surface area contributed by atoms with Crippen molar-refractivity contribution < 1.29 is 0 Å². The number of rotatable bonds is 7. The van der Waals surface area contributed by atoms with Crippen LogP contribution in [0.15, 0.2) is 237 Å². The van der Waals surface area contributed by atoms with Crippen molar-refractivity contribution in [2.24, 2.45) is 0 Å². The molecule has 0 bridgehead atoms. The standard InChI is InChI=1S/C62H39NS2/c1-3-16-41(17-4-1)57-33-34-59(64-57)44-29-31-52(60-36-35-58(65-60)42-18-5-2-6-19-42)56(39-44)63-54-26-14-13-21-47(54)53-38-46(30-32-55(53)63)62-50-24-11-9-22-48(50)61(49-23-10-12-25-51(49)62)45-28-27-40-15-7-8-20-43(40)37-45/h1-39H. The molecule has 0 N–H and O–H groups in total. The zero-order chi connectivity index (χ0) is 42.8. The van der Waals surface area contributed by atoms with Crippen LogP contribution in [-0.2, 0) is 0 Å². The smallest absolute Gasteiger partial charge is 0.0555 e. The first-order chi connectivity index (χ1) is 32.2. The van der Waals surface area contributed by atoms with Gasteiger partial charge in [0.15, 0.2) is 0 Å². The van der Waals surface area contributed by atoms with E-state index in [1.54, 1.807) is 0 Å². The van der Waals surface area contributed by atoms with Crippen molar-refractivity contribution in [1.82, 2.24) is 4.57 Å². The molecule has 65 heavy (non-hydrogen) atoms. The highest BCUT2D eigenvalue weighted by molar-refractivity contribution is 7.19. The van der Waals surface area contributed by atoms with E-state index >= 15 is 0 Å². The summed E-state index contributed by atoms with van der Waals surface area (Å²) in [6, 6.07) is 87.3. The van der Waals surface area contributed by atoms with Crippen LogP contribution in [0.2, 0.25) is 0 Å². The van der Waals surface area contributed by atoms with Crippen molar-refractivity contribution in [3.8, 4) is 69.7 Å². The summed E-state index contributed by atoms with van der Waals surface area (Å²) in [5.74, 6) is 0. The Hall–Kier alpha value is -7.82. The van der Waals surface area contributed by atoms with Gasteiger partial charge in [0.1, 0.15) is 0 Å². The topological polar surface area (TPSA) is 4.93 Å². The highest BCUT2D eigenvalue weighted by Gasteiger charge is 2.22. The predicted molar refractivity (Wildman–Crippen MR) is 282 cm³/mol. The molecule has 0 radical (unpaired) electrons. The zero-order valence-corrected chi connectivity index (χ0v) is 36.9. The number of aromatic nitrogens is 1. The van der Waals surface area contributed by atoms with E-state index in [2.05, 4.69) is 241 Å². The Bertz CT molecular complexity index is 3890. The Balaban J connectivity index is 1.03. The third-order valence-corrected chi connectivity index (χ3v) is 15.4. The summed E-state index contributed by atoms with van der Waals surface area (Å²) in [6.07, 6.45) is 0. The third kappa shape index (κ3) is 6.35. The third-order valence-electron chi connectivity index (χ3n) is 13.0. The molecule has 0 amide bonds. The van der Waals surface area contributed by atoms with E-state index in [9.17, 15) is 0 Å². The van der Waals surface area contributed by atoms with Crippen LogP contribution in [0.25, 0.3) is 124 Å². The fourth-order valence-corrected chi connectivity index (χ4v) is 12.1. The largest absolute Gasteiger partial charge is 0.309 e. The van der Waals surface area contributed by atoms with E-state index in [0.29, 0.717) is 0 Å². The maximum absolute atomic E-state index is 2.51. The average Bonchev–Trinajstić information content (AvgIpc) is 4.15. The van der Waals surface area contributed by atoms with Crippen molar-refractivity contribution in [1.29, 1.82) is 0 Å². The first-order valence-corrected chi connectivity index (χ1v) is 23.8. The molecule has 0 spiro atoms. The Labute approximate surface area is 385 Å². The highest BCUT2D eigenvalue weighted by atomic mass is 32.1. The Morgan fingerprint density at radius 2 is 0.723 bits per heavy atom. The van der Waals surface area contributed by atoms with Crippen molar-refractivity contribution in [2.45, 2.75) is 0 Å². The summed E-state index contributed by atoms with van der Waals surface area (Å²) in [5.41, 5.74) is 13.5. The molecule has 0 unspecified atom stereocenters. The number of nitrogens with zero attached hydrogens (tertiary/aromatic N) is 1. The molecule has 0 saturated carbocycles. The molecular weight excluding hydrogens is 823 g/mol. The minimum Gasteiger partial charge on any atom is -0.309 e. The molecule has 13 aromatic rings. The normalized spacial score (nSPS) is 11.7. The number of para-hydroxylation sites is 1. The fraction of sp³-hybridized carbons (Fsp3) is 0. The minimum atomic E-state index is 1.17. The van der Waals surface area contributed by atoms with Crippen molar-refractivity contribution in [3.63, 3.8) is 0 Å². The van der Waals surface area contributed by atoms with E-state index in [1.807, 2.05) is 22.7 Å². The van der Waals surface area contributed by atoms with Crippen LogP contribution >= 0.6 is 22.7 Å². The summed E-state index contributed by atoms with van der Waals surface area (Å²) in [7, 11) is 0. The van der Waals surface area contributed by atoms with E-state index in [1.165, 1.54) is 124 Å². The minimum absolute atomic E-state index is 1.17. The van der Waals surface area contributed by atoms with Gasteiger partial charge in [0.2, 0.25) is 0 Å². The Kier molecular flexibility index (Phi) is 8.97. The van der Waals surface area contributed by atoms with Crippen LogP contribution in [0.5, 0.6) is 0 Å². The monoisotopic (exact) mass is 861 g/mol. The van der Waals surface area contributed by atoms with Crippen LogP contribution in [0.3, 0.4) is 0 Å². The van der Waals surface area contributed by atoms with Gasteiger partial charge in [-0.3, -0.25) is 0 Å². The molecule has 304 valence electrons. The van der Waals surface area contributed by atoms with Crippen LogP contribution in [0.1, 0.15) is 0 Å². The molecule has 3 aromatic heterocycles. The Morgan fingerprint density at radius 3 is 1.37 bits per heavy atom. The second-order valence-electron chi connectivity index (χ2n) is 16.8. The van der Waals surface area contributed by atoms with E-state index < -0.39 is 0 Å². The van der Waals surface area contributed by atoms with E-state index in [0.717, 1.165) is 0 Å². The maximum Gasteiger partial charge on any atom is 0.0555 e. The SMILES string of the molecule is c1ccc(-c2ccc(-c3ccc(-c4ccc(-c5ccccc5)s4)c(-n4c5ccccc5c5cc(-c6c7ccccc7c(-c7ccc8ccccc8c7)c7ccccc67)ccc54)c3)s2)cc1. The second-order valence-corrected chi connectivity index (χ2v) is 18.9. The van der Waals surface area contributed by atoms with E-state index in [-0.39, 0.29) is 0 Å². The highest BCUT2D eigenvalue weighted by Crippen LogP contribution is 2.47. The molecule has 0 aliphatic rings. The molecule has 0 aliphatic carbocycles. The lowest BCUT2D eigenvalue weighted by Crippen LogP contribution is -1.97. The van der Waals surface area contributed by atoms with Crippen molar-refractivity contribution in [2.75, 3.05) is 0 Å². The summed E-state index contributed by atoms with van der Waals surface area (Å²) in [6.45, 7) is 0. The van der Waals surface area contributed by atoms with Gasteiger partial charge in [-0.2, -0.15) is 0 Å². The van der Waals surface area contributed by atoms with Gasteiger partial charge in [0, 0.05) is 35.8 Å². The van der Waals surface area contributed by atoms with E-state index in [4.69, 9.17) is 0 Å². The molecular formula is C62H39NS2. The van der Waals surface area contributed by atoms with Gasteiger partial charge in [-0.25, -0.2) is 0 Å². The lowest BCUT2D eigenvalue weighted by atomic mass is 9.85. The van der Waals surface area contributed by atoms with Gasteiger partial charge < -0.3 is 4.57 Å². The number of benzene rings is 10. The summed E-state index contributed by atoms with van der Waals surface area (Å²) in [4.78, 5) is 5.03. The zero-order valence-electron chi connectivity index (χ0n) is 35.3. The number of fused-ring (bicyclic) bond motifs is 6. The van der Waals surface area contributed by atoms with Gasteiger partial charge in [0.05, 0.1) is 16.7 Å². The van der Waals surface area contributed by atoms with Gasteiger partial charge in [-0.15, -0.1) is 22.7 Å². The van der Waals surface area contributed by atoms with Crippen molar-refractivity contribution >= 4 is 76.8 Å². The maximum atomic E-state index is 2.51. The second kappa shape index (κ2) is 15.5. The molecule has 3 heteroatoms. The summed E-state index contributed by atoms with van der Waals surface area (Å²) < 4.78 is 2.51. The van der Waals surface area contributed by atoms with Gasteiger partial charge in [-0.1, -0.05) is 182 Å². The molecule has 0 fully saturated rings. The number of thiophene rings is 2. The van der Waals surface area contributed by atoms with Crippen LogP contribution < -0.4 is 0 Å². The molecule has 0 atom stereocenters. The fourth-order valence-electron chi connectivity index (χ4n) is 10.1. The molecule has 10 aromatic carbocycles. The molecule has 0 aliphatic heterocycles. The number of hydrogen-bond donors (Lipinski definition) is 0.